The average molecular weight is 766 g/mol. The maximum absolute atomic E-state index is 14.1. The number of epoxide rings is 1. The van der Waals surface area contributed by atoms with Gasteiger partial charge in [0.25, 0.3) is 0 Å². The molecule has 3 aliphatic rings. The second kappa shape index (κ2) is 16.8. The Bertz CT molecular complexity index is 1590. The van der Waals surface area contributed by atoms with E-state index in [4.69, 9.17) is 35.3 Å². The molecule has 1 aromatic rings. The minimum absolute atomic E-state index is 0.00636. The van der Waals surface area contributed by atoms with Crippen molar-refractivity contribution in [2.24, 2.45) is 5.92 Å². The molecule has 0 aromatic heterocycles. The van der Waals surface area contributed by atoms with Gasteiger partial charge >= 0.3 is 12.1 Å². The zero-order chi connectivity index (χ0) is 38.7. The molecule has 0 spiro atoms. The van der Waals surface area contributed by atoms with Crippen molar-refractivity contribution in [1.82, 2.24) is 10.2 Å². The van der Waals surface area contributed by atoms with E-state index >= 15 is 0 Å². The van der Waals surface area contributed by atoms with Gasteiger partial charge in [-0.3, -0.25) is 14.9 Å². The van der Waals surface area contributed by atoms with Gasteiger partial charge in [-0.2, -0.15) is 12.6 Å². The molecular weight excluding hydrogens is 714 g/mol. The second-order valence-corrected chi connectivity index (χ2v) is 15.6. The Labute approximate surface area is 316 Å². The van der Waals surface area contributed by atoms with E-state index < -0.39 is 65.7 Å². The summed E-state index contributed by atoms with van der Waals surface area (Å²) in [6.45, 7) is 8.88. The highest BCUT2D eigenvalue weighted by atomic mass is 35.5. The first-order valence-electron chi connectivity index (χ1n) is 17.4. The number of allylic oxidation sites excluding steroid dienone is 3. The number of methoxy groups -OCH3 is 2. The van der Waals surface area contributed by atoms with Crippen LogP contribution in [-0.2, 0) is 39.8 Å². The number of aliphatic hydroxyl groups is 1. The Balaban J connectivity index is 1.75. The fourth-order valence-electron chi connectivity index (χ4n) is 6.73. The molecule has 13 nitrogen and oxygen atoms in total. The van der Waals surface area contributed by atoms with Crippen molar-refractivity contribution in [3.63, 3.8) is 0 Å². The molecule has 9 atom stereocenters. The number of hydrogen-bond donors (Lipinski definition) is 3. The minimum Gasteiger partial charge on any atom is -0.495 e. The fraction of sp³-hybridized carbons (Fsp3) is 0.622. The number of thiol groups is 1. The van der Waals surface area contributed by atoms with Crippen molar-refractivity contribution >= 4 is 53.8 Å². The van der Waals surface area contributed by atoms with Crippen molar-refractivity contribution in [3.05, 3.63) is 46.5 Å². The number of alkyl carbamates (subject to hydrolysis) is 1. The third-order valence-electron chi connectivity index (χ3n) is 10.3. The van der Waals surface area contributed by atoms with Crippen molar-refractivity contribution in [1.29, 1.82) is 0 Å². The zero-order valence-corrected chi connectivity index (χ0v) is 33.0. The highest BCUT2D eigenvalue weighted by Gasteiger charge is 2.64. The van der Waals surface area contributed by atoms with Crippen molar-refractivity contribution in [2.75, 3.05) is 33.2 Å². The quantitative estimate of drug-likeness (QED) is 0.194. The third kappa shape index (κ3) is 9.25. The van der Waals surface area contributed by atoms with E-state index in [1.54, 1.807) is 52.1 Å². The molecule has 1 unspecified atom stereocenters. The molecule has 3 aliphatic heterocycles. The first-order valence-corrected chi connectivity index (χ1v) is 18.3. The van der Waals surface area contributed by atoms with E-state index in [0.717, 1.165) is 11.1 Å². The Morgan fingerprint density at radius 1 is 1.25 bits per heavy atom. The van der Waals surface area contributed by atoms with Crippen molar-refractivity contribution in [3.8, 4) is 5.75 Å². The number of nitrogens with one attached hydrogen (secondary N) is 1. The molecule has 4 bridgehead atoms. The van der Waals surface area contributed by atoms with Crippen LogP contribution in [0.3, 0.4) is 0 Å². The van der Waals surface area contributed by atoms with Crippen LogP contribution in [0, 0.1) is 5.92 Å². The number of rotatable bonds is 8. The monoisotopic (exact) mass is 765 g/mol. The number of amides is 3. The van der Waals surface area contributed by atoms with Crippen LogP contribution in [0.25, 0.3) is 0 Å². The Morgan fingerprint density at radius 3 is 2.58 bits per heavy atom. The maximum Gasteiger partial charge on any atom is 0.409 e. The van der Waals surface area contributed by atoms with Crippen molar-refractivity contribution < 1.29 is 48.0 Å². The second-order valence-electron chi connectivity index (χ2n) is 14.3. The predicted octanol–water partition coefficient (Wildman–Crippen LogP) is 4.61. The molecule has 15 heteroatoms. The molecule has 0 radical (unpaired) electrons. The van der Waals surface area contributed by atoms with Gasteiger partial charge in [0, 0.05) is 40.0 Å². The lowest BCUT2D eigenvalue weighted by molar-refractivity contribution is -0.162. The third-order valence-corrected chi connectivity index (χ3v) is 10.9. The number of ether oxygens (including phenoxy) is 5. The van der Waals surface area contributed by atoms with Crippen LogP contribution in [0.5, 0.6) is 5.75 Å². The number of carbonyl (C=O) groups excluding carboxylic acids is 4. The largest absolute Gasteiger partial charge is 0.495 e. The van der Waals surface area contributed by atoms with Gasteiger partial charge in [-0.05, 0) is 56.6 Å². The van der Waals surface area contributed by atoms with E-state index in [2.05, 4.69) is 17.9 Å². The van der Waals surface area contributed by atoms with Gasteiger partial charge in [-0.1, -0.05) is 49.2 Å². The zero-order valence-electron chi connectivity index (χ0n) is 31.3. The van der Waals surface area contributed by atoms with Crippen LogP contribution in [-0.4, -0.2) is 109 Å². The summed E-state index contributed by atoms with van der Waals surface area (Å²) in [4.78, 5) is 56.2. The van der Waals surface area contributed by atoms with Gasteiger partial charge in [0.05, 0.1) is 25.3 Å². The molecule has 2 N–H and O–H groups in total. The normalized spacial score (nSPS) is 32.2. The van der Waals surface area contributed by atoms with Gasteiger partial charge in [0.2, 0.25) is 11.8 Å². The summed E-state index contributed by atoms with van der Waals surface area (Å²) >= 11 is 11.1. The summed E-state index contributed by atoms with van der Waals surface area (Å²) in [6.07, 6.45) is 1.69. The summed E-state index contributed by atoms with van der Waals surface area (Å²) in [5.74, 6) is -1.56. The number of anilines is 1. The van der Waals surface area contributed by atoms with Crippen molar-refractivity contribution in [2.45, 2.75) is 114 Å². The lowest BCUT2D eigenvalue weighted by atomic mass is 9.83. The number of likely N-dealkylation sites (N-methyl/N-ethyl adjacent to an activating group) is 1. The van der Waals surface area contributed by atoms with Crippen LogP contribution in [0.2, 0.25) is 5.02 Å². The number of carbonyl (C=O) groups is 4. The van der Waals surface area contributed by atoms with Gasteiger partial charge in [0.15, 0.2) is 5.72 Å². The number of benzene rings is 1. The molecule has 0 saturated carbocycles. The molecule has 1 aromatic carbocycles. The van der Waals surface area contributed by atoms with Crippen LogP contribution in [0.1, 0.15) is 65.9 Å². The molecule has 2 fully saturated rings. The summed E-state index contributed by atoms with van der Waals surface area (Å²) in [7, 11) is 6.02. The van der Waals surface area contributed by atoms with Gasteiger partial charge in [0.1, 0.15) is 40.7 Å². The van der Waals surface area contributed by atoms with E-state index in [9.17, 15) is 24.3 Å². The number of fused-ring (bicyclic) bond motifs is 5. The summed E-state index contributed by atoms with van der Waals surface area (Å²) < 4.78 is 29.2. The SMILES string of the molecule is COc1cc2cc(c1Cl)N(C)C(=O)C[C@H](OC(=O)[C@H](C)N(C)C(=O)CCC(C)S)[C@]1(C)O[C@H]1[C@H](C)[C@@H]1C[C@@](O)(NC(=O)O1)[C@H](OC)/C=C/C=C(/C)C2. The Kier molecular flexibility index (Phi) is 13.4. The molecule has 0 aliphatic carbocycles. The molecule has 3 amide bonds. The first-order chi connectivity index (χ1) is 24.3. The molecule has 2 saturated heterocycles. The standard InChI is InChI=1S/C37H52ClN3O10S/c1-20-11-10-12-28(48-9)37(46)19-27(49-35(45)39-37)22(3)33-36(5,51-33)29(50-34(44)23(4)40(6)30(42)14-13-21(2)52)18-31(43)41(7)25-16-24(15-20)17-26(47-8)32(25)38/h10-12,16-17,21-23,27-29,33,46,52H,13-15,18-19H2,1-9H3,(H,39,45)/b12-10+,20-11-/t21?,22-,23+,27+,28-,29+,33+,36+,37+/m1/s1. The molecule has 3 heterocycles. The molecular formula is C37H52ClN3O10S. The molecule has 4 rings (SSSR count). The van der Waals surface area contributed by atoms with Crippen LogP contribution >= 0.6 is 24.2 Å². The van der Waals surface area contributed by atoms with Gasteiger partial charge in [-0.25, -0.2) is 9.59 Å². The van der Waals surface area contributed by atoms with E-state index in [-0.39, 0.29) is 35.4 Å². The molecule has 52 heavy (non-hydrogen) atoms. The smallest absolute Gasteiger partial charge is 0.409 e. The first kappa shape index (κ1) is 41.5. The average Bonchev–Trinajstić information content (AvgIpc) is 3.79. The highest BCUT2D eigenvalue weighted by Crippen LogP contribution is 2.49. The predicted molar refractivity (Wildman–Crippen MR) is 199 cm³/mol. The van der Waals surface area contributed by atoms with E-state index in [1.807, 2.05) is 19.9 Å². The van der Waals surface area contributed by atoms with E-state index in [0.29, 0.717) is 24.3 Å². The summed E-state index contributed by atoms with van der Waals surface area (Å²) in [5.41, 5.74) is -0.906. The molecule has 288 valence electrons. The number of nitrogens with zero attached hydrogens (tertiary/aromatic N) is 2. The summed E-state index contributed by atoms with van der Waals surface area (Å²) in [5, 5.41) is 14.5. The minimum atomic E-state index is -1.82. The highest BCUT2D eigenvalue weighted by molar-refractivity contribution is 7.80. The lowest BCUT2D eigenvalue weighted by Gasteiger charge is -2.42. The number of esters is 1. The fourth-order valence-corrected chi connectivity index (χ4v) is 7.17. The van der Waals surface area contributed by atoms with E-state index in [1.165, 1.54) is 31.1 Å². The number of halogens is 1. The lowest BCUT2D eigenvalue weighted by Crippen LogP contribution is -2.63. The maximum atomic E-state index is 14.1. The van der Waals surface area contributed by atoms with Gasteiger partial charge in [-0.15, -0.1) is 0 Å². The van der Waals surface area contributed by atoms with Crippen LogP contribution in [0.15, 0.2) is 35.9 Å². The van der Waals surface area contributed by atoms with Gasteiger partial charge < -0.3 is 38.6 Å². The Hall–Kier alpha value is -3.30. The number of hydrogen-bond acceptors (Lipinski definition) is 11. The topological polar surface area (TPSA) is 156 Å². The van der Waals surface area contributed by atoms with Crippen LogP contribution in [0.4, 0.5) is 10.5 Å². The Morgan fingerprint density at radius 2 is 1.94 bits per heavy atom. The summed E-state index contributed by atoms with van der Waals surface area (Å²) in [6, 6.07) is 2.61. The van der Waals surface area contributed by atoms with Crippen LogP contribution < -0.4 is 15.0 Å².